The fraction of sp³-hybridized carbons (Fsp3) is 0.579. The number of allylic oxidation sites excluding steroid dienone is 1. The first-order valence-corrected chi connectivity index (χ1v) is 11.1. The molecule has 21 heavy (non-hydrogen) atoms. The van der Waals surface area contributed by atoms with Crippen LogP contribution in [-0.2, 0) is 6.42 Å². The lowest BCUT2D eigenvalue weighted by atomic mass is 9.91. The second-order valence-electron chi connectivity index (χ2n) is 7.37. The van der Waals surface area contributed by atoms with Crippen LogP contribution in [0.5, 0.6) is 0 Å². The molecule has 0 aromatic heterocycles. The van der Waals surface area contributed by atoms with Gasteiger partial charge in [-0.3, -0.25) is 0 Å². The van der Waals surface area contributed by atoms with Crippen molar-refractivity contribution in [3.8, 4) is 0 Å². The molecule has 0 aliphatic carbocycles. The van der Waals surface area contributed by atoms with Gasteiger partial charge in [-0.05, 0) is 55.3 Å². The molecule has 1 nitrogen and oxygen atoms in total. The summed E-state index contributed by atoms with van der Waals surface area (Å²) in [6, 6.07) is 10.7. The first-order chi connectivity index (χ1) is 9.76. The molecule has 0 aliphatic heterocycles. The molecule has 1 N–H and O–H groups in total. The van der Waals surface area contributed by atoms with Crippen LogP contribution in [0.15, 0.2) is 43.0 Å². The average molecular weight is 305 g/mol. The number of aryl methyl sites for hydroxylation is 1. The molecule has 118 valence electrons. The van der Waals surface area contributed by atoms with Crippen LogP contribution in [0, 0.1) is 5.92 Å². The quantitative estimate of drug-likeness (QED) is 0.359. The van der Waals surface area contributed by atoms with E-state index < -0.39 is 8.32 Å². The van der Waals surface area contributed by atoms with E-state index in [0.29, 0.717) is 5.92 Å². The molecule has 0 unspecified atom stereocenters. The minimum atomic E-state index is -2.11. The number of rotatable bonds is 9. The molecule has 0 heterocycles. The molecule has 0 amide bonds. The SMILES string of the molecule is C=C[C@H](CCCCc1ccccc1)CC(C)(C)[Si](C)(C)O. The fourth-order valence-corrected chi connectivity index (χ4v) is 3.35. The van der Waals surface area contributed by atoms with Gasteiger partial charge < -0.3 is 4.80 Å². The Morgan fingerprint density at radius 2 is 1.81 bits per heavy atom. The molecule has 1 aromatic rings. The van der Waals surface area contributed by atoms with Crippen molar-refractivity contribution in [1.82, 2.24) is 0 Å². The Morgan fingerprint density at radius 1 is 1.19 bits per heavy atom. The molecule has 0 saturated heterocycles. The Bertz CT molecular complexity index is 417. The van der Waals surface area contributed by atoms with Crippen molar-refractivity contribution in [2.24, 2.45) is 5.92 Å². The highest BCUT2D eigenvalue weighted by atomic mass is 28.4. The van der Waals surface area contributed by atoms with Crippen LogP contribution in [0.3, 0.4) is 0 Å². The summed E-state index contributed by atoms with van der Waals surface area (Å²) in [5.41, 5.74) is 1.43. The molecule has 0 aliphatic rings. The third-order valence-electron chi connectivity index (χ3n) is 4.90. The monoisotopic (exact) mass is 304 g/mol. The highest BCUT2D eigenvalue weighted by Gasteiger charge is 2.38. The molecule has 0 bridgehead atoms. The Hall–Kier alpha value is -0.863. The van der Waals surface area contributed by atoms with Crippen molar-refractivity contribution >= 4 is 8.32 Å². The summed E-state index contributed by atoms with van der Waals surface area (Å²) < 4.78 is 0. The van der Waals surface area contributed by atoms with E-state index in [4.69, 9.17) is 0 Å². The number of unbranched alkanes of at least 4 members (excludes halogenated alkanes) is 1. The first-order valence-electron chi connectivity index (χ1n) is 8.15. The van der Waals surface area contributed by atoms with E-state index in [-0.39, 0.29) is 5.04 Å². The third-order valence-corrected chi connectivity index (χ3v) is 8.41. The van der Waals surface area contributed by atoms with Crippen LogP contribution < -0.4 is 0 Å². The highest BCUT2D eigenvalue weighted by molar-refractivity contribution is 6.72. The lowest BCUT2D eigenvalue weighted by Gasteiger charge is -2.37. The van der Waals surface area contributed by atoms with Crippen LogP contribution in [0.4, 0.5) is 0 Å². The molecule has 1 rings (SSSR count). The molecule has 1 aromatic carbocycles. The second-order valence-corrected chi connectivity index (χ2v) is 11.8. The Balaban J connectivity index is 2.36. The smallest absolute Gasteiger partial charge is 0.188 e. The van der Waals surface area contributed by atoms with Crippen molar-refractivity contribution in [1.29, 1.82) is 0 Å². The lowest BCUT2D eigenvalue weighted by Crippen LogP contribution is -2.40. The predicted octanol–water partition coefficient (Wildman–Crippen LogP) is 5.57. The lowest BCUT2D eigenvalue weighted by molar-refractivity contribution is 0.392. The maximum Gasteiger partial charge on any atom is 0.188 e. The highest BCUT2D eigenvalue weighted by Crippen LogP contribution is 2.42. The summed E-state index contributed by atoms with van der Waals surface area (Å²) >= 11 is 0. The summed E-state index contributed by atoms with van der Waals surface area (Å²) in [5, 5.41) is 0.0469. The maximum absolute atomic E-state index is 10.4. The van der Waals surface area contributed by atoms with Crippen molar-refractivity contribution in [3.63, 3.8) is 0 Å². The average Bonchev–Trinajstić information content (AvgIpc) is 2.42. The molecule has 1 atom stereocenters. The van der Waals surface area contributed by atoms with Crippen molar-refractivity contribution < 1.29 is 4.80 Å². The van der Waals surface area contributed by atoms with E-state index in [1.165, 1.54) is 24.8 Å². The van der Waals surface area contributed by atoms with Crippen molar-refractivity contribution in [3.05, 3.63) is 48.6 Å². The Morgan fingerprint density at radius 3 is 2.33 bits per heavy atom. The van der Waals surface area contributed by atoms with Gasteiger partial charge in [-0.25, -0.2) is 0 Å². The van der Waals surface area contributed by atoms with E-state index in [0.717, 1.165) is 12.8 Å². The number of hydrogen-bond acceptors (Lipinski definition) is 1. The van der Waals surface area contributed by atoms with E-state index in [1.807, 2.05) is 13.1 Å². The van der Waals surface area contributed by atoms with Gasteiger partial charge in [0.25, 0.3) is 0 Å². The van der Waals surface area contributed by atoms with Gasteiger partial charge in [-0.1, -0.05) is 56.7 Å². The van der Waals surface area contributed by atoms with E-state index >= 15 is 0 Å². The zero-order valence-electron chi connectivity index (χ0n) is 14.2. The molecular weight excluding hydrogens is 272 g/mol. The van der Waals surface area contributed by atoms with Crippen LogP contribution in [0.25, 0.3) is 0 Å². The molecule has 0 radical (unpaired) electrons. The Kier molecular flexibility index (Phi) is 6.89. The van der Waals surface area contributed by atoms with Crippen molar-refractivity contribution in [2.45, 2.75) is 64.1 Å². The zero-order valence-corrected chi connectivity index (χ0v) is 15.2. The van der Waals surface area contributed by atoms with E-state index in [9.17, 15) is 4.80 Å². The van der Waals surface area contributed by atoms with Gasteiger partial charge in [-0.15, -0.1) is 6.58 Å². The van der Waals surface area contributed by atoms with Gasteiger partial charge in [0, 0.05) is 0 Å². The van der Waals surface area contributed by atoms with Crippen LogP contribution >= 0.6 is 0 Å². The van der Waals surface area contributed by atoms with Gasteiger partial charge in [0.15, 0.2) is 8.32 Å². The molecule has 2 heteroatoms. The molecular formula is C19H32OSi. The van der Waals surface area contributed by atoms with Gasteiger partial charge in [0.1, 0.15) is 0 Å². The van der Waals surface area contributed by atoms with E-state index in [2.05, 4.69) is 56.8 Å². The van der Waals surface area contributed by atoms with Gasteiger partial charge in [-0.2, -0.15) is 0 Å². The summed E-state index contributed by atoms with van der Waals surface area (Å²) in [5.74, 6) is 0.523. The number of hydrogen-bond donors (Lipinski definition) is 1. The van der Waals surface area contributed by atoms with E-state index in [1.54, 1.807) is 0 Å². The van der Waals surface area contributed by atoms with Crippen molar-refractivity contribution in [2.75, 3.05) is 0 Å². The fourth-order valence-electron chi connectivity index (χ4n) is 2.59. The minimum Gasteiger partial charge on any atom is -0.432 e. The summed E-state index contributed by atoms with van der Waals surface area (Å²) in [7, 11) is -2.11. The summed E-state index contributed by atoms with van der Waals surface area (Å²) in [6.07, 6.45) is 7.95. The van der Waals surface area contributed by atoms with Gasteiger partial charge in [0.05, 0.1) is 0 Å². The summed E-state index contributed by atoms with van der Waals surface area (Å²) in [6.45, 7) is 12.5. The molecule has 0 spiro atoms. The molecule has 0 saturated carbocycles. The third kappa shape index (κ3) is 6.19. The molecule has 0 fully saturated rings. The Labute approximate surface area is 132 Å². The van der Waals surface area contributed by atoms with Crippen LogP contribution in [0.1, 0.15) is 45.1 Å². The van der Waals surface area contributed by atoms with Crippen LogP contribution in [-0.4, -0.2) is 13.1 Å². The minimum absolute atomic E-state index is 0.0469. The first kappa shape index (κ1) is 18.2. The van der Waals surface area contributed by atoms with Crippen LogP contribution in [0.2, 0.25) is 18.1 Å². The largest absolute Gasteiger partial charge is 0.432 e. The predicted molar refractivity (Wildman–Crippen MR) is 96.0 cm³/mol. The normalized spacial score (nSPS) is 14.0. The standard InChI is InChI=1S/C19H32OSi/c1-6-17(16-19(2,3)21(4,5)20)12-10-11-15-18-13-8-7-9-14-18/h6-9,13-14,17,20H,1,10-12,15-16H2,2-5H3/t17-/m1/s1. The van der Waals surface area contributed by atoms with Gasteiger partial charge >= 0.3 is 0 Å². The maximum atomic E-state index is 10.4. The topological polar surface area (TPSA) is 20.2 Å². The second kappa shape index (κ2) is 7.95. The number of benzene rings is 1. The zero-order chi connectivity index (χ0) is 15.9. The summed E-state index contributed by atoms with van der Waals surface area (Å²) in [4.78, 5) is 10.4. The van der Waals surface area contributed by atoms with Gasteiger partial charge in [0.2, 0.25) is 0 Å².